The third-order valence-electron chi connectivity index (χ3n) is 2.68. The molecule has 0 amide bonds. The lowest BCUT2D eigenvalue weighted by Gasteiger charge is -2.12. The lowest BCUT2D eigenvalue weighted by atomic mass is 10.2. The van der Waals surface area contributed by atoms with Crippen molar-refractivity contribution in [1.82, 2.24) is 0 Å². The minimum atomic E-state index is -3.82. The van der Waals surface area contributed by atoms with Gasteiger partial charge in [-0.05, 0) is 25.5 Å². The van der Waals surface area contributed by atoms with Crippen molar-refractivity contribution in [3.05, 3.63) is 29.8 Å². The van der Waals surface area contributed by atoms with Crippen molar-refractivity contribution in [3.63, 3.8) is 0 Å². The van der Waals surface area contributed by atoms with E-state index in [2.05, 4.69) is 0 Å². The molecule has 0 spiro atoms. The predicted molar refractivity (Wildman–Crippen MR) is 76.1 cm³/mol. The molecule has 0 aromatic heterocycles. The number of aliphatic hydroxyl groups excluding tert-OH is 1. The Bertz CT molecular complexity index is 481. The number of rotatable bonds is 9. The summed E-state index contributed by atoms with van der Waals surface area (Å²) in [6, 6.07) is 6.35. The van der Waals surface area contributed by atoms with Gasteiger partial charge in [0.1, 0.15) is 6.10 Å². The highest BCUT2D eigenvalue weighted by atomic mass is 32.2. The zero-order chi connectivity index (χ0) is 15.0. The van der Waals surface area contributed by atoms with Crippen molar-refractivity contribution in [2.24, 2.45) is 0 Å². The summed E-state index contributed by atoms with van der Waals surface area (Å²) in [6.45, 7) is 4.23. The second-order valence-electron chi connectivity index (χ2n) is 4.63. The molecule has 0 aliphatic carbocycles. The Labute approximate surface area is 120 Å². The molecular weight excluding hydrogens is 280 g/mol. The van der Waals surface area contributed by atoms with Crippen LogP contribution in [0.1, 0.15) is 25.3 Å². The van der Waals surface area contributed by atoms with Crippen molar-refractivity contribution >= 4 is 10.1 Å². The van der Waals surface area contributed by atoms with Crippen LogP contribution >= 0.6 is 0 Å². The van der Waals surface area contributed by atoms with Crippen LogP contribution in [-0.2, 0) is 19.0 Å². The predicted octanol–water partition coefficient (Wildman–Crippen LogP) is 1.88. The number of benzene rings is 1. The number of aliphatic hydroxyl groups is 1. The fourth-order valence-electron chi connectivity index (χ4n) is 1.45. The maximum Gasteiger partial charge on any atom is 0.297 e. The van der Waals surface area contributed by atoms with Gasteiger partial charge in [0, 0.05) is 6.61 Å². The van der Waals surface area contributed by atoms with E-state index in [1.54, 1.807) is 12.1 Å². The fraction of sp³-hybridized carbons (Fsp3) is 0.571. The number of hydrogen-bond donors (Lipinski definition) is 1. The normalized spacial score (nSPS) is 13.3. The quantitative estimate of drug-likeness (QED) is 0.557. The topological polar surface area (TPSA) is 72.8 Å². The van der Waals surface area contributed by atoms with Crippen molar-refractivity contribution in [1.29, 1.82) is 0 Å². The van der Waals surface area contributed by atoms with E-state index >= 15 is 0 Å². The molecule has 20 heavy (non-hydrogen) atoms. The van der Waals surface area contributed by atoms with Gasteiger partial charge in [-0.2, -0.15) is 8.42 Å². The molecule has 1 N–H and O–H groups in total. The maximum absolute atomic E-state index is 11.9. The van der Waals surface area contributed by atoms with Crippen molar-refractivity contribution in [2.45, 2.75) is 37.7 Å². The Morgan fingerprint density at radius 3 is 2.45 bits per heavy atom. The molecule has 1 rings (SSSR count). The SMILES string of the molecule is CCCCOC[C@H](O)COS(=O)(=O)c1ccc(C)cc1. The van der Waals surface area contributed by atoms with Crippen molar-refractivity contribution < 1.29 is 22.4 Å². The zero-order valence-electron chi connectivity index (χ0n) is 11.9. The van der Waals surface area contributed by atoms with E-state index in [0.717, 1.165) is 18.4 Å². The first kappa shape index (κ1) is 17.1. The summed E-state index contributed by atoms with van der Waals surface area (Å²) in [4.78, 5) is 0.0854. The molecule has 1 aromatic carbocycles. The van der Waals surface area contributed by atoms with Gasteiger partial charge in [-0.25, -0.2) is 0 Å². The second kappa shape index (κ2) is 8.36. The Morgan fingerprint density at radius 1 is 1.20 bits per heavy atom. The summed E-state index contributed by atoms with van der Waals surface area (Å²) in [5.41, 5.74) is 0.966. The molecule has 1 aromatic rings. The van der Waals surface area contributed by atoms with E-state index in [1.807, 2.05) is 13.8 Å². The average molecular weight is 302 g/mol. The molecule has 0 aliphatic rings. The summed E-state index contributed by atoms with van der Waals surface area (Å²) in [5.74, 6) is 0. The average Bonchev–Trinajstić information content (AvgIpc) is 2.42. The van der Waals surface area contributed by atoms with Crippen LogP contribution in [0.2, 0.25) is 0 Å². The standard InChI is InChI=1S/C14H22O5S/c1-3-4-9-18-10-13(15)11-19-20(16,17)14-7-5-12(2)6-8-14/h5-8,13,15H,3-4,9-11H2,1-2H3/t13-/m0/s1. The van der Waals surface area contributed by atoms with Crippen molar-refractivity contribution in [3.8, 4) is 0 Å². The summed E-state index contributed by atoms with van der Waals surface area (Å²) >= 11 is 0. The molecule has 1 atom stereocenters. The Morgan fingerprint density at radius 2 is 1.85 bits per heavy atom. The first-order chi connectivity index (χ1) is 9.45. The zero-order valence-corrected chi connectivity index (χ0v) is 12.7. The van der Waals surface area contributed by atoms with E-state index in [4.69, 9.17) is 8.92 Å². The summed E-state index contributed by atoms with van der Waals surface area (Å²) in [6.07, 6.45) is 0.969. The van der Waals surface area contributed by atoms with Crippen LogP contribution in [0, 0.1) is 6.92 Å². The highest BCUT2D eigenvalue weighted by Crippen LogP contribution is 2.13. The van der Waals surface area contributed by atoms with Gasteiger partial charge in [-0.15, -0.1) is 0 Å². The summed E-state index contributed by atoms with van der Waals surface area (Å²) < 4.78 is 33.7. The van der Waals surface area contributed by atoms with Crippen LogP contribution in [0.25, 0.3) is 0 Å². The monoisotopic (exact) mass is 302 g/mol. The van der Waals surface area contributed by atoms with Gasteiger partial charge >= 0.3 is 0 Å². The Hall–Kier alpha value is -0.950. The largest absolute Gasteiger partial charge is 0.388 e. The number of ether oxygens (including phenoxy) is 1. The summed E-state index contributed by atoms with van der Waals surface area (Å²) in [5, 5.41) is 9.59. The molecule has 114 valence electrons. The molecule has 0 saturated carbocycles. The third kappa shape index (κ3) is 6.00. The first-order valence-corrected chi connectivity index (χ1v) is 8.08. The molecule has 5 nitrogen and oxygen atoms in total. The molecule has 6 heteroatoms. The highest BCUT2D eigenvalue weighted by molar-refractivity contribution is 7.86. The van der Waals surface area contributed by atoms with Gasteiger partial charge in [0.15, 0.2) is 0 Å². The molecule has 0 heterocycles. The lowest BCUT2D eigenvalue weighted by molar-refractivity contribution is 0.0126. The third-order valence-corrected chi connectivity index (χ3v) is 3.97. The van der Waals surface area contributed by atoms with Crippen LogP contribution in [0.4, 0.5) is 0 Å². The Balaban J connectivity index is 2.41. The van der Waals surface area contributed by atoms with Crippen LogP contribution in [-0.4, -0.2) is 39.4 Å². The van der Waals surface area contributed by atoms with Crippen LogP contribution < -0.4 is 0 Å². The van der Waals surface area contributed by atoms with Gasteiger partial charge in [0.05, 0.1) is 18.1 Å². The van der Waals surface area contributed by atoms with Crippen molar-refractivity contribution in [2.75, 3.05) is 19.8 Å². The minimum Gasteiger partial charge on any atom is -0.388 e. The van der Waals surface area contributed by atoms with Gasteiger partial charge in [-0.3, -0.25) is 4.18 Å². The van der Waals surface area contributed by atoms with Gasteiger partial charge in [0.2, 0.25) is 0 Å². The molecule has 0 saturated heterocycles. The molecule has 0 bridgehead atoms. The molecule has 0 unspecified atom stereocenters. The van der Waals surface area contributed by atoms with E-state index in [-0.39, 0.29) is 18.1 Å². The number of hydrogen-bond acceptors (Lipinski definition) is 5. The molecule has 0 aliphatic heterocycles. The minimum absolute atomic E-state index is 0.0728. The van der Waals surface area contributed by atoms with E-state index in [0.29, 0.717) is 6.61 Å². The lowest BCUT2D eigenvalue weighted by Crippen LogP contribution is -2.24. The Kier molecular flexibility index (Phi) is 7.15. The molecule has 0 radical (unpaired) electrons. The maximum atomic E-state index is 11.9. The fourth-order valence-corrected chi connectivity index (χ4v) is 2.40. The smallest absolute Gasteiger partial charge is 0.297 e. The van der Waals surface area contributed by atoms with Crippen LogP contribution in [0.15, 0.2) is 29.2 Å². The second-order valence-corrected chi connectivity index (χ2v) is 6.25. The number of unbranched alkanes of at least 4 members (excludes halogenated alkanes) is 1. The first-order valence-electron chi connectivity index (χ1n) is 6.67. The summed E-state index contributed by atoms with van der Waals surface area (Å²) in [7, 11) is -3.82. The van der Waals surface area contributed by atoms with E-state index < -0.39 is 16.2 Å². The van der Waals surface area contributed by atoms with Gasteiger partial charge in [-0.1, -0.05) is 31.0 Å². The van der Waals surface area contributed by atoms with Gasteiger partial charge in [0.25, 0.3) is 10.1 Å². The van der Waals surface area contributed by atoms with Crippen LogP contribution in [0.3, 0.4) is 0 Å². The van der Waals surface area contributed by atoms with Gasteiger partial charge < -0.3 is 9.84 Å². The van der Waals surface area contributed by atoms with E-state index in [9.17, 15) is 13.5 Å². The highest BCUT2D eigenvalue weighted by Gasteiger charge is 2.17. The molecular formula is C14H22O5S. The number of aryl methyl sites for hydroxylation is 1. The van der Waals surface area contributed by atoms with Crippen LogP contribution in [0.5, 0.6) is 0 Å². The van der Waals surface area contributed by atoms with E-state index in [1.165, 1.54) is 12.1 Å². The molecule has 0 fully saturated rings.